The zero-order valence-electron chi connectivity index (χ0n) is 18.7. The van der Waals surface area contributed by atoms with Crippen molar-refractivity contribution in [2.24, 2.45) is 0 Å². The van der Waals surface area contributed by atoms with Crippen LogP contribution in [0.3, 0.4) is 0 Å². The molecule has 0 radical (unpaired) electrons. The summed E-state index contributed by atoms with van der Waals surface area (Å²) in [6, 6.07) is 11.3. The number of likely N-dealkylation sites (tertiary alicyclic amines) is 1. The fraction of sp³-hybridized carbons (Fsp3) is 0.348. The molecule has 2 saturated heterocycles. The van der Waals surface area contributed by atoms with Crippen LogP contribution in [-0.2, 0) is 11.3 Å². The minimum atomic E-state index is -0.525. The van der Waals surface area contributed by atoms with E-state index < -0.39 is 5.91 Å². The van der Waals surface area contributed by atoms with Crippen LogP contribution in [0.15, 0.2) is 42.5 Å². The summed E-state index contributed by atoms with van der Waals surface area (Å²) in [4.78, 5) is 30.0. The van der Waals surface area contributed by atoms with E-state index in [4.69, 9.17) is 16.3 Å². The maximum Gasteiger partial charge on any atom is 0.261 e. The lowest BCUT2D eigenvalue weighted by atomic mass is 10.1. The summed E-state index contributed by atoms with van der Waals surface area (Å²) < 4.78 is 19.0. The van der Waals surface area contributed by atoms with Crippen LogP contribution in [0.2, 0.25) is 5.02 Å². The maximum absolute atomic E-state index is 13.2. The Bertz CT molecular complexity index is 1190. The second-order valence-corrected chi connectivity index (χ2v) is 9.08. The van der Waals surface area contributed by atoms with Gasteiger partial charge in [-0.2, -0.15) is 0 Å². The molecule has 2 aromatic carbocycles. The van der Waals surface area contributed by atoms with Crippen LogP contribution >= 0.6 is 11.6 Å². The van der Waals surface area contributed by atoms with Gasteiger partial charge in [-0.25, -0.2) is 9.49 Å². The van der Waals surface area contributed by atoms with Gasteiger partial charge in [-0.05, 0) is 59.2 Å². The molecule has 2 aliphatic rings. The monoisotopic (exact) mass is 499 g/mol. The molecule has 2 unspecified atom stereocenters. The molecule has 35 heavy (non-hydrogen) atoms. The number of hydrogen-bond donors (Lipinski definition) is 2. The minimum Gasteiger partial charge on any atom is -0.483 e. The van der Waals surface area contributed by atoms with E-state index in [1.807, 2.05) is 4.90 Å². The molecule has 12 heteroatoms. The van der Waals surface area contributed by atoms with Crippen LogP contribution in [0.1, 0.15) is 28.8 Å². The second kappa shape index (κ2) is 9.96. The van der Waals surface area contributed by atoms with Gasteiger partial charge in [0.15, 0.2) is 6.61 Å². The van der Waals surface area contributed by atoms with Crippen molar-refractivity contribution in [2.75, 3.05) is 25.0 Å². The Balaban J connectivity index is 1.21. The molecule has 2 amide bonds. The Labute approximate surface area is 205 Å². The molecule has 0 spiro atoms. The average Bonchev–Trinajstić information content (AvgIpc) is 3.45. The normalized spacial score (nSPS) is 19.5. The quantitative estimate of drug-likeness (QED) is 0.513. The molecular weight excluding hydrogens is 477 g/mol. The molecule has 2 aliphatic heterocycles. The van der Waals surface area contributed by atoms with E-state index in [0.29, 0.717) is 5.02 Å². The molecule has 2 bridgehead atoms. The van der Waals surface area contributed by atoms with E-state index in [9.17, 15) is 14.0 Å². The van der Waals surface area contributed by atoms with Crippen LogP contribution in [0.4, 0.5) is 10.3 Å². The molecule has 2 fully saturated rings. The van der Waals surface area contributed by atoms with E-state index >= 15 is 0 Å². The zero-order chi connectivity index (χ0) is 24.4. The highest BCUT2D eigenvalue weighted by Crippen LogP contribution is 2.31. The maximum atomic E-state index is 13.2. The van der Waals surface area contributed by atoms with Gasteiger partial charge < -0.3 is 9.64 Å². The number of aromatic nitrogens is 4. The molecule has 3 heterocycles. The summed E-state index contributed by atoms with van der Waals surface area (Å²) in [5, 5.41) is 15.8. The topological polar surface area (TPSA) is 116 Å². The number of carbonyl (C=O) groups is 2. The van der Waals surface area contributed by atoms with Gasteiger partial charge in [-0.1, -0.05) is 28.8 Å². The van der Waals surface area contributed by atoms with Crippen molar-refractivity contribution in [3.8, 4) is 5.75 Å². The first-order chi connectivity index (χ1) is 17.0. The number of nitrogens with one attached hydrogen (secondary N) is 2. The Morgan fingerprint density at radius 3 is 2.57 bits per heavy atom. The zero-order valence-corrected chi connectivity index (χ0v) is 19.4. The highest BCUT2D eigenvalue weighted by atomic mass is 35.5. The summed E-state index contributed by atoms with van der Waals surface area (Å²) in [5.41, 5.74) is 1.21. The number of fused-ring (bicyclic) bond motifs is 2. The number of benzene rings is 2. The van der Waals surface area contributed by atoms with Gasteiger partial charge in [0.1, 0.15) is 11.6 Å². The number of ether oxygens (including phenoxy) is 1. The van der Waals surface area contributed by atoms with Crippen molar-refractivity contribution in [3.05, 3.63) is 64.4 Å². The third-order valence-electron chi connectivity index (χ3n) is 6.28. The smallest absolute Gasteiger partial charge is 0.261 e. The van der Waals surface area contributed by atoms with Crippen LogP contribution < -0.4 is 10.1 Å². The summed E-state index contributed by atoms with van der Waals surface area (Å²) in [5.74, 6) is -0.592. The summed E-state index contributed by atoms with van der Waals surface area (Å²) in [6.07, 6.45) is 1.85. The van der Waals surface area contributed by atoms with Crippen molar-refractivity contribution in [2.45, 2.75) is 31.5 Å². The molecule has 5 rings (SSSR count). The third-order valence-corrected chi connectivity index (χ3v) is 6.51. The van der Waals surface area contributed by atoms with E-state index in [-0.39, 0.29) is 47.7 Å². The fourth-order valence-corrected chi connectivity index (χ4v) is 4.95. The van der Waals surface area contributed by atoms with Gasteiger partial charge in [0.05, 0.1) is 5.56 Å². The summed E-state index contributed by atoms with van der Waals surface area (Å²) >= 11 is 6.07. The molecular formula is C23H23ClFN7O3. The van der Waals surface area contributed by atoms with E-state index in [0.717, 1.165) is 38.0 Å². The SMILES string of the molecule is O=C(Nc1nnn[nH]1)c1cc(Cl)ccc1OCC(=O)N1C2CCC1CN(Cc1ccc(F)cc1)C2. The Hall–Kier alpha value is -3.57. The average molecular weight is 500 g/mol. The molecule has 2 N–H and O–H groups in total. The van der Waals surface area contributed by atoms with Gasteiger partial charge >= 0.3 is 0 Å². The molecule has 0 aliphatic carbocycles. The molecule has 182 valence electrons. The van der Waals surface area contributed by atoms with Gasteiger partial charge in [0, 0.05) is 36.7 Å². The molecule has 3 aromatic rings. The number of anilines is 1. The number of aromatic amines is 1. The van der Waals surface area contributed by atoms with Gasteiger partial charge in [-0.15, -0.1) is 0 Å². The molecule has 2 atom stereocenters. The molecule has 0 saturated carbocycles. The highest BCUT2D eigenvalue weighted by Gasteiger charge is 2.42. The number of tetrazole rings is 1. The molecule has 10 nitrogen and oxygen atoms in total. The lowest BCUT2D eigenvalue weighted by Crippen LogP contribution is -2.56. The van der Waals surface area contributed by atoms with Crippen molar-refractivity contribution >= 4 is 29.4 Å². The van der Waals surface area contributed by atoms with Crippen molar-refractivity contribution in [3.63, 3.8) is 0 Å². The number of rotatable bonds is 7. The van der Waals surface area contributed by atoms with Crippen molar-refractivity contribution < 1.29 is 18.7 Å². The van der Waals surface area contributed by atoms with Gasteiger partial charge in [0.2, 0.25) is 5.95 Å². The lowest BCUT2D eigenvalue weighted by Gasteiger charge is -2.41. The minimum absolute atomic E-state index is 0.0760. The fourth-order valence-electron chi connectivity index (χ4n) is 4.78. The highest BCUT2D eigenvalue weighted by molar-refractivity contribution is 6.31. The number of piperazine rings is 1. The number of hydrogen-bond acceptors (Lipinski definition) is 7. The number of nitrogens with zero attached hydrogens (tertiary/aromatic N) is 5. The number of amides is 2. The Morgan fingerprint density at radius 2 is 1.89 bits per heavy atom. The van der Waals surface area contributed by atoms with E-state index in [2.05, 4.69) is 30.8 Å². The van der Waals surface area contributed by atoms with Crippen LogP contribution in [0, 0.1) is 5.82 Å². The first-order valence-electron chi connectivity index (χ1n) is 11.2. The van der Waals surface area contributed by atoms with Gasteiger partial charge in [-0.3, -0.25) is 19.8 Å². The van der Waals surface area contributed by atoms with E-state index in [1.54, 1.807) is 24.3 Å². The number of carbonyl (C=O) groups excluding carboxylic acids is 2. The van der Waals surface area contributed by atoms with E-state index in [1.165, 1.54) is 18.2 Å². The number of halogens is 2. The largest absolute Gasteiger partial charge is 0.483 e. The van der Waals surface area contributed by atoms with Gasteiger partial charge in [0.25, 0.3) is 11.8 Å². The molecule has 1 aromatic heterocycles. The standard InChI is InChI=1S/C23H23ClFN7O3/c24-15-3-8-20(19(9-15)22(34)26-23-27-29-30-28-23)35-13-21(33)32-17-6-7-18(32)12-31(11-17)10-14-1-4-16(25)5-2-14/h1-5,8-9,17-18H,6-7,10-13H2,(H2,26,27,28,29,30,34). The second-order valence-electron chi connectivity index (χ2n) is 8.64. The summed E-state index contributed by atoms with van der Waals surface area (Å²) in [6.45, 7) is 2.02. The third kappa shape index (κ3) is 5.25. The lowest BCUT2D eigenvalue weighted by molar-refractivity contribution is -0.139. The number of H-pyrrole nitrogens is 1. The van der Waals surface area contributed by atoms with Crippen LogP contribution in [0.5, 0.6) is 5.75 Å². The van der Waals surface area contributed by atoms with Crippen molar-refractivity contribution in [1.82, 2.24) is 30.4 Å². The van der Waals surface area contributed by atoms with Crippen molar-refractivity contribution in [1.29, 1.82) is 0 Å². The Morgan fingerprint density at radius 1 is 1.14 bits per heavy atom. The Kier molecular flexibility index (Phi) is 6.60. The van der Waals surface area contributed by atoms with Crippen LogP contribution in [-0.4, -0.2) is 74.0 Å². The predicted molar refractivity (Wildman–Crippen MR) is 124 cm³/mol. The summed E-state index contributed by atoms with van der Waals surface area (Å²) in [7, 11) is 0. The van der Waals surface area contributed by atoms with Crippen LogP contribution in [0.25, 0.3) is 0 Å². The first kappa shape index (κ1) is 23.2. The predicted octanol–water partition coefficient (Wildman–Crippen LogP) is 2.50. The first-order valence-corrected chi connectivity index (χ1v) is 11.6.